The molecule has 0 aliphatic carbocycles. The summed E-state index contributed by atoms with van der Waals surface area (Å²) < 4.78 is 5.84. The van der Waals surface area contributed by atoms with E-state index in [9.17, 15) is 0 Å². The van der Waals surface area contributed by atoms with E-state index in [1.807, 2.05) is 66.7 Å². The predicted octanol–water partition coefficient (Wildman–Crippen LogP) is 5.97. The molecule has 30 heavy (non-hydrogen) atoms. The third-order valence-electron chi connectivity index (χ3n) is 4.68. The molecule has 5 nitrogen and oxygen atoms in total. The normalized spacial score (nSPS) is 11.5. The van der Waals surface area contributed by atoms with Gasteiger partial charge in [-0.15, -0.1) is 0 Å². The number of ether oxygens (including phenoxy) is 1. The average Bonchev–Trinajstić information content (AvgIpc) is 2.80. The summed E-state index contributed by atoms with van der Waals surface area (Å²) in [5.74, 6) is 2.14. The second kappa shape index (κ2) is 9.56. The minimum Gasteiger partial charge on any atom is -0.489 e. The van der Waals surface area contributed by atoms with Gasteiger partial charge in [0.05, 0.1) is 6.04 Å². The average molecular weight is 396 g/mol. The van der Waals surface area contributed by atoms with E-state index < -0.39 is 0 Å². The van der Waals surface area contributed by atoms with Crippen LogP contribution in [0.3, 0.4) is 0 Å². The molecule has 1 aromatic heterocycles. The van der Waals surface area contributed by atoms with Crippen molar-refractivity contribution < 1.29 is 4.74 Å². The van der Waals surface area contributed by atoms with Crippen molar-refractivity contribution in [2.75, 3.05) is 10.6 Å². The first-order valence-corrected chi connectivity index (χ1v) is 9.94. The molecule has 0 bridgehead atoms. The Morgan fingerprint density at radius 1 is 0.833 bits per heavy atom. The van der Waals surface area contributed by atoms with Crippen LogP contribution in [0.1, 0.15) is 24.1 Å². The van der Waals surface area contributed by atoms with E-state index in [1.165, 1.54) is 5.56 Å². The summed E-state index contributed by atoms with van der Waals surface area (Å²) in [6.07, 6.45) is 1.74. The van der Waals surface area contributed by atoms with Crippen LogP contribution in [0.15, 0.2) is 97.2 Å². The number of hydrogen-bond donors (Lipinski definition) is 2. The van der Waals surface area contributed by atoms with Gasteiger partial charge in [-0.1, -0.05) is 60.7 Å². The molecule has 4 rings (SSSR count). The first kappa shape index (κ1) is 19.5. The molecule has 0 aliphatic rings. The van der Waals surface area contributed by atoms with Gasteiger partial charge in [0.25, 0.3) is 0 Å². The number of rotatable bonds is 8. The highest BCUT2D eigenvalue weighted by atomic mass is 16.5. The molecule has 4 aromatic rings. The molecule has 0 saturated carbocycles. The van der Waals surface area contributed by atoms with E-state index in [2.05, 4.69) is 51.8 Å². The molecule has 0 radical (unpaired) electrons. The lowest BCUT2D eigenvalue weighted by molar-refractivity contribution is 0.306. The van der Waals surface area contributed by atoms with E-state index >= 15 is 0 Å². The summed E-state index contributed by atoms with van der Waals surface area (Å²) >= 11 is 0. The van der Waals surface area contributed by atoms with Crippen molar-refractivity contribution in [3.8, 4) is 5.75 Å². The summed E-state index contributed by atoms with van der Waals surface area (Å²) in [5, 5.41) is 6.66. The van der Waals surface area contributed by atoms with Crippen LogP contribution >= 0.6 is 0 Å². The molecule has 150 valence electrons. The fourth-order valence-corrected chi connectivity index (χ4v) is 3.04. The smallest absolute Gasteiger partial charge is 0.225 e. The molecule has 0 fully saturated rings. The Balaban J connectivity index is 1.35. The molecule has 0 amide bonds. The van der Waals surface area contributed by atoms with Crippen molar-refractivity contribution in [1.29, 1.82) is 0 Å². The van der Waals surface area contributed by atoms with E-state index in [0.29, 0.717) is 12.6 Å². The fourth-order valence-electron chi connectivity index (χ4n) is 3.04. The third kappa shape index (κ3) is 5.35. The Morgan fingerprint density at radius 2 is 1.53 bits per heavy atom. The fraction of sp³-hybridized carbons (Fsp3) is 0.120. The monoisotopic (exact) mass is 396 g/mol. The summed E-state index contributed by atoms with van der Waals surface area (Å²) in [6.45, 7) is 2.64. The van der Waals surface area contributed by atoms with Crippen LogP contribution in [0.2, 0.25) is 0 Å². The van der Waals surface area contributed by atoms with Crippen LogP contribution < -0.4 is 15.4 Å². The number of aromatic nitrogens is 2. The van der Waals surface area contributed by atoms with Crippen LogP contribution in [-0.4, -0.2) is 9.97 Å². The Hall–Kier alpha value is -3.86. The van der Waals surface area contributed by atoms with Gasteiger partial charge in [-0.05, 0) is 48.4 Å². The van der Waals surface area contributed by atoms with Crippen LogP contribution in [0.4, 0.5) is 17.5 Å². The molecule has 2 N–H and O–H groups in total. The maximum Gasteiger partial charge on any atom is 0.225 e. The Kier molecular flexibility index (Phi) is 6.20. The molecule has 1 heterocycles. The van der Waals surface area contributed by atoms with Crippen molar-refractivity contribution in [1.82, 2.24) is 9.97 Å². The van der Waals surface area contributed by atoms with Gasteiger partial charge in [0.15, 0.2) is 0 Å². The van der Waals surface area contributed by atoms with E-state index in [0.717, 1.165) is 22.8 Å². The summed E-state index contributed by atoms with van der Waals surface area (Å²) in [5.41, 5.74) is 3.26. The molecule has 3 aromatic carbocycles. The van der Waals surface area contributed by atoms with Gasteiger partial charge >= 0.3 is 0 Å². The van der Waals surface area contributed by atoms with Crippen LogP contribution in [-0.2, 0) is 6.61 Å². The van der Waals surface area contributed by atoms with Gasteiger partial charge in [0.1, 0.15) is 18.2 Å². The maximum atomic E-state index is 5.84. The topological polar surface area (TPSA) is 59.1 Å². The van der Waals surface area contributed by atoms with Crippen LogP contribution in [0.5, 0.6) is 5.75 Å². The van der Waals surface area contributed by atoms with Gasteiger partial charge in [0.2, 0.25) is 5.95 Å². The lowest BCUT2D eigenvalue weighted by Crippen LogP contribution is -2.09. The molecule has 1 unspecified atom stereocenters. The van der Waals surface area contributed by atoms with Crippen molar-refractivity contribution in [2.45, 2.75) is 19.6 Å². The highest BCUT2D eigenvalue weighted by Gasteiger charge is 2.07. The van der Waals surface area contributed by atoms with Crippen LogP contribution in [0, 0.1) is 0 Å². The zero-order valence-corrected chi connectivity index (χ0v) is 16.8. The van der Waals surface area contributed by atoms with E-state index in [-0.39, 0.29) is 6.04 Å². The first-order valence-electron chi connectivity index (χ1n) is 9.94. The zero-order valence-electron chi connectivity index (χ0n) is 16.8. The zero-order chi connectivity index (χ0) is 20.6. The highest BCUT2D eigenvalue weighted by molar-refractivity contribution is 5.58. The number of hydrogen-bond acceptors (Lipinski definition) is 5. The van der Waals surface area contributed by atoms with Gasteiger partial charge in [-0.3, -0.25) is 0 Å². The lowest BCUT2D eigenvalue weighted by atomic mass is 10.1. The maximum absolute atomic E-state index is 5.84. The second-order valence-electron chi connectivity index (χ2n) is 6.97. The molecular weight excluding hydrogens is 372 g/mol. The number of anilines is 3. The van der Waals surface area contributed by atoms with Gasteiger partial charge in [-0.25, -0.2) is 4.98 Å². The summed E-state index contributed by atoms with van der Waals surface area (Å²) in [7, 11) is 0. The summed E-state index contributed by atoms with van der Waals surface area (Å²) in [6, 6.07) is 30.2. The first-order chi connectivity index (χ1) is 14.8. The van der Waals surface area contributed by atoms with Crippen molar-refractivity contribution in [2.24, 2.45) is 0 Å². The lowest BCUT2D eigenvalue weighted by Gasteiger charge is -2.15. The number of benzene rings is 3. The Labute approximate surface area is 176 Å². The van der Waals surface area contributed by atoms with Crippen LogP contribution in [0.25, 0.3) is 0 Å². The minimum atomic E-state index is 0.113. The van der Waals surface area contributed by atoms with Crippen molar-refractivity contribution in [3.05, 3.63) is 108 Å². The van der Waals surface area contributed by atoms with Gasteiger partial charge in [0, 0.05) is 11.9 Å². The number of nitrogens with one attached hydrogen (secondary N) is 2. The third-order valence-corrected chi connectivity index (χ3v) is 4.68. The van der Waals surface area contributed by atoms with Gasteiger partial charge < -0.3 is 15.4 Å². The van der Waals surface area contributed by atoms with E-state index in [1.54, 1.807) is 6.20 Å². The molecule has 5 heteroatoms. The Morgan fingerprint density at radius 3 is 2.27 bits per heavy atom. The van der Waals surface area contributed by atoms with Crippen molar-refractivity contribution in [3.63, 3.8) is 0 Å². The molecular formula is C25H24N4O. The largest absolute Gasteiger partial charge is 0.489 e. The van der Waals surface area contributed by atoms with Crippen molar-refractivity contribution >= 4 is 17.5 Å². The highest BCUT2D eigenvalue weighted by Crippen LogP contribution is 2.21. The molecule has 0 aliphatic heterocycles. The predicted molar refractivity (Wildman–Crippen MR) is 121 cm³/mol. The van der Waals surface area contributed by atoms with Gasteiger partial charge in [-0.2, -0.15) is 4.98 Å². The minimum absolute atomic E-state index is 0.113. The quantitative estimate of drug-likeness (QED) is 0.384. The molecule has 0 saturated heterocycles. The van der Waals surface area contributed by atoms with E-state index in [4.69, 9.17) is 4.74 Å². The Bertz CT molecular complexity index is 1050. The second-order valence-corrected chi connectivity index (χ2v) is 6.97. The molecule has 0 spiro atoms. The number of nitrogens with zero attached hydrogens (tertiary/aromatic N) is 2. The summed E-state index contributed by atoms with van der Waals surface area (Å²) in [4.78, 5) is 8.90. The molecule has 1 atom stereocenters. The standard InChI is InChI=1S/C25H24N4O/c1-19(21-10-6-3-7-11-21)27-25-26-17-16-24(29-25)28-22-12-14-23(15-13-22)30-18-20-8-4-2-5-9-20/h2-17,19H,18H2,1H3,(H2,26,27,28,29). The SMILES string of the molecule is CC(Nc1nccc(Nc2ccc(OCc3ccccc3)cc2)n1)c1ccccc1.